The van der Waals surface area contributed by atoms with Crippen molar-refractivity contribution >= 4 is 51.9 Å². The Balaban J connectivity index is 1.42. The maximum Gasteiger partial charge on any atom is 0.189 e. The molecule has 0 unspecified atom stereocenters. The van der Waals surface area contributed by atoms with Gasteiger partial charge < -0.3 is 10.6 Å². The van der Waals surface area contributed by atoms with Gasteiger partial charge in [0.2, 0.25) is 0 Å². The summed E-state index contributed by atoms with van der Waals surface area (Å²) >= 11 is 16.6. The lowest BCUT2D eigenvalue weighted by atomic mass is 10.0. The molecule has 0 amide bonds. The van der Waals surface area contributed by atoms with Gasteiger partial charge in [-0.3, -0.25) is 10.9 Å². The number of anilines is 1. The van der Waals surface area contributed by atoms with Gasteiger partial charge in [0.05, 0.1) is 10.7 Å². The van der Waals surface area contributed by atoms with Crippen LogP contribution < -0.4 is 21.5 Å². The summed E-state index contributed by atoms with van der Waals surface area (Å²) in [5.41, 5.74) is 6.52. The molecule has 0 aromatic heterocycles. The van der Waals surface area contributed by atoms with Crippen LogP contribution >= 0.6 is 36.0 Å². The fourth-order valence-electron chi connectivity index (χ4n) is 2.98. The second-order valence-electron chi connectivity index (χ2n) is 5.54. The lowest BCUT2D eigenvalue weighted by Gasteiger charge is -2.22. The van der Waals surface area contributed by atoms with Crippen LogP contribution in [-0.4, -0.2) is 16.3 Å². The lowest BCUT2D eigenvalue weighted by Crippen LogP contribution is -2.51. The van der Waals surface area contributed by atoms with Crippen LogP contribution in [0.3, 0.4) is 0 Å². The van der Waals surface area contributed by atoms with Gasteiger partial charge in [-0.25, -0.2) is 0 Å². The number of nitrogens with one attached hydrogen (secondary N) is 4. The van der Waals surface area contributed by atoms with Gasteiger partial charge in [0.25, 0.3) is 0 Å². The molecule has 0 radical (unpaired) electrons. The minimum atomic E-state index is 0.407. The zero-order valence-electron chi connectivity index (χ0n) is 11.8. The molecule has 22 heavy (non-hydrogen) atoms. The molecule has 4 N–H and O–H groups in total. The number of thiocarbonyl (C=S) groups is 2. The third-order valence-corrected chi connectivity index (χ3v) is 4.76. The molecule has 1 saturated carbocycles. The first-order chi connectivity index (χ1) is 10.6. The van der Waals surface area contributed by atoms with Crippen molar-refractivity contribution in [3.05, 3.63) is 41.4 Å². The monoisotopic (exact) mass is 352 g/mol. The topological polar surface area (TPSA) is 48.1 Å². The molecular formula is C15H17ClN4S2. The Bertz CT molecular complexity index is 619. The van der Waals surface area contributed by atoms with E-state index in [-0.39, 0.29) is 0 Å². The van der Waals surface area contributed by atoms with Gasteiger partial charge in [-0.1, -0.05) is 35.9 Å². The molecule has 0 heterocycles. The lowest BCUT2D eigenvalue weighted by molar-refractivity contribution is 0.518. The van der Waals surface area contributed by atoms with Crippen LogP contribution in [0.5, 0.6) is 0 Å². The number of allylic oxidation sites excluding steroid dienone is 1. The Morgan fingerprint density at radius 3 is 2.50 bits per heavy atom. The van der Waals surface area contributed by atoms with E-state index in [0.29, 0.717) is 33.1 Å². The summed E-state index contributed by atoms with van der Waals surface area (Å²) in [6.45, 7) is 0. The average molecular weight is 353 g/mol. The molecular weight excluding hydrogens is 336 g/mol. The number of para-hydroxylation sites is 1. The van der Waals surface area contributed by atoms with Crippen molar-refractivity contribution in [3.8, 4) is 0 Å². The second kappa shape index (κ2) is 6.81. The molecule has 7 heteroatoms. The highest BCUT2D eigenvalue weighted by atomic mass is 35.5. The van der Waals surface area contributed by atoms with E-state index in [2.05, 4.69) is 33.6 Å². The first-order valence-electron chi connectivity index (χ1n) is 7.18. The number of benzene rings is 1. The quantitative estimate of drug-likeness (QED) is 0.373. The molecule has 2 bridgehead atoms. The zero-order valence-corrected chi connectivity index (χ0v) is 14.2. The minimum Gasteiger partial charge on any atom is -0.358 e. The fraction of sp³-hybridized carbons (Fsp3) is 0.333. The molecule has 0 spiro atoms. The fourth-order valence-corrected chi connectivity index (χ4v) is 3.53. The molecule has 4 nitrogen and oxygen atoms in total. The number of hydrogen-bond acceptors (Lipinski definition) is 2. The Hall–Kier alpha value is -1.37. The number of halogens is 1. The van der Waals surface area contributed by atoms with Crippen molar-refractivity contribution in [2.75, 3.05) is 5.32 Å². The van der Waals surface area contributed by atoms with E-state index >= 15 is 0 Å². The first-order valence-corrected chi connectivity index (χ1v) is 8.37. The minimum absolute atomic E-state index is 0.407. The number of hydrogen-bond donors (Lipinski definition) is 4. The van der Waals surface area contributed by atoms with Crippen molar-refractivity contribution in [3.63, 3.8) is 0 Å². The standard InChI is InChI=1S/C15H17ClN4S2/c16-11-3-1-2-4-12(11)17-14(21)19-20-15(22)18-13-8-9-5-6-10(13)7-9/h1-6,9-10,13H,7-8H2,(H2,17,19,21)(H2,18,20,22)/t9-,10+,13-/m0/s1. The molecule has 2 aliphatic carbocycles. The molecule has 1 fully saturated rings. The third-order valence-electron chi connectivity index (χ3n) is 4.01. The van der Waals surface area contributed by atoms with Crippen LogP contribution in [0, 0.1) is 11.8 Å². The summed E-state index contributed by atoms with van der Waals surface area (Å²) in [5, 5.41) is 7.92. The predicted molar refractivity (Wildman–Crippen MR) is 98.8 cm³/mol. The van der Waals surface area contributed by atoms with Crippen LogP contribution in [0.25, 0.3) is 0 Å². The smallest absolute Gasteiger partial charge is 0.189 e. The van der Waals surface area contributed by atoms with Gasteiger partial charge in [0.15, 0.2) is 10.2 Å². The normalized spacial score (nSPS) is 24.9. The summed E-state index contributed by atoms with van der Waals surface area (Å²) < 4.78 is 0. The van der Waals surface area contributed by atoms with Crippen LogP contribution in [0.4, 0.5) is 5.69 Å². The number of fused-ring (bicyclic) bond motifs is 2. The molecule has 2 aliphatic rings. The van der Waals surface area contributed by atoms with E-state index in [1.807, 2.05) is 18.2 Å². The van der Waals surface area contributed by atoms with Gasteiger partial charge in [-0.15, -0.1) is 0 Å². The van der Waals surface area contributed by atoms with E-state index in [1.165, 1.54) is 6.42 Å². The maximum absolute atomic E-state index is 6.07. The SMILES string of the molecule is S=C(NNC(=S)N[C@H]1C[C@H]2C=C[C@@H]1C2)Nc1ccccc1Cl. The van der Waals surface area contributed by atoms with Gasteiger partial charge in [0, 0.05) is 6.04 Å². The van der Waals surface area contributed by atoms with Crippen LogP contribution in [-0.2, 0) is 0 Å². The van der Waals surface area contributed by atoms with E-state index < -0.39 is 0 Å². The molecule has 0 saturated heterocycles. The summed E-state index contributed by atoms with van der Waals surface area (Å²) in [6, 6.07) is 7.83. The second-order valence-corrected chi connectivity index (χ2v) is 6.77. The third kappa shape index (κ3) is 3.69. The molecule has 1 aromatic carbocycles. The van der Waals surface area contributed by atoms with Crippen molar-refractivity contribution in [1.29, 1.82) is 0 Å². The zero-order chi connectivity index (χ0) is 15.5. The predicted octanol–water partition coefficient (Wildman–Crippen LogP) is 2.97. The van der Waals surface area contributed by atoms with Crippen LogP contribution in [0.1, 0.15) is 12.8 Å². The van der Waals surface area contributed by atoms with Crippen molar-refractivity contribution in [1.82, 2.24) is 16.2 Å². The summed E-state index contributed by atoms with van der Waals surface area (Å²) in [7, 11) is 0. The number of hydrazine groups is 1. The Kier molecular flexibility index (Phi) is 4.81. The maximum atomic E-state index is 6.07. The Morgan fingerprint density at radius 2 is 1.82 bits per heavy atom. The molecule has 1 aromatic rings. The van der Waals surface area contributed by atoms with Crippen molar-refractivity contribution < 1.29 is 0 Å². The van der Waals surface area contributed by atoms with E-state index in [1.54, 1.807) is 6.07 Å². The van der Waals surface area contributed by atoms with Gasteiger partial charge >= 0.3 is 0 Å². The summed E-state index contributed by atoms with van der Waals surface area (Å²) in [5.74, 6) is 1.30. The number of rotatable bonds is 2. The largest absolute Gasteiger partial charge is 0.358 e. The van der Waals surface area contributed by atoms with E-state index in [4.69, 9.17) is 36.0 Å². The molecule has 3 rings (SSSR count). The van der Waals surface area contributed by atoms with E-state index in [9.17, 15) is 0 Å². The molecule has 3 atom stereocenters. The van der Waals surface area contributed by atoms with Gasteiger partial charge in [-0.05, 0) is 61.2 Å². The summed E-state index contributed by atoms with van der Waals surface area (Å²) in [4.78, 5) is 0. The summed E-state index contributed by atoms with van der Waals surface area (Å²) in [6.07, 6.45) is 6.97. The highest BCUT2D eigenvalue weighted by molar-refractivity contribution is 7.80. The van der Waals surface area contributed by atoms with Crippen LogP contribution in [0.15, 0.2) is 36.4 Å². The Morgan fingerprint density at radius 1 is 1.05 bits per heavy atom. The van der Waals surface area contributed by atoms with Crippen molar-refractivity contribution in [2.24, 2.45) is 11.8 Å². The average Bonchev–Trinajstić information content (AvgIpc) is 3.10. The highest BCUT2D eigenvalue weighted by Crippen LogP contribution is 2.38. The van der Waals surface area contributed by atoms with Crippen LogP contribution in [0.2, 0.25) is 5.02 Å². The van der Waals surface area contributed by atoms with Gasteiger partial charge in [-0.2, -0.15) is 0 Å². The Labute approximate surface area is 145 Å². The van der Waals surface area contributed by atoms with Gasteiger partial charge in [0.1, 0.15) is 0 Å². The molecule has 0 aliphatic heterocycles. The van der Waals surface area contributed by atoms with E-state index in [0.717, 1.165) is 12.1 Å². The first kappa shape index (κ1) is 15.5. The highest BCUT2D eigenvalue weighted by Gasteiger charge is 2.35. The molecule has 116 valence electrons. The van der Waals surface area contributed by atoms with Crippen molar-refractivity contribution in [2.45, 2.75) is 18.9 Å².